The molecule has 6 heteroatoms. The third kappa shape index (κ3) is 3.54. The zero-order valence-electron chi connectivity index (χ0n) is 11.4. The number of hydrogen-bond donors (Lipinski definition) is 2. The summed E-state index contributed by atoms with van der Waals surface area (Å²) in [5.74, 6) is -1.33. The van der Waals surface area contributed by atoms with Crippen LogP contribution in [0.5, 0.6) is 0 Å². The molecule has 108 valence electrons. The molecule has 1 aliphatic heterocycles. The van der Waals surface area contributed by atoms with Gasteiger partial charge in [-0.2, -0.15) is 0 Å². The fourth-order valence-corrected chi connectivity index (χ4v) is 2.22. The predicted molar refractivity (Wildman–Crippen MR) is 71.9 cm³/mol. The molecule has 1 fully saturated rings. The molecule has 1 aromatic rings. The van der Waals surface area contributed by atoms with Gasteiger partial charge in [-0.1, -0.05) is 0 Å². The van der Waals surface area contributed by atoms with Gasteiger partial charge in [0.1, 0.15) is 5.69 Å². The van der Waals surface area contributed by atoms with E-state index in [9.17, 15) is 9.59 Å². The summed E-state index contributed by atoms with van der Waals surface area (Å²) in [4.78, 5) is 26.8. The molecule has 0 saturated carbocycles. The molecule has 2 heterocycles. The highest BCUT2D eigenvalue weighted by Gasteiger charge is 2.16. The number of aromatic carboxylic acids is 1. The number of ether oxygens (including phenoxy) is 1. The standard InChI is InChI=1S/C14H18N2O4/c1-9-11(14(18)19)4-5-12(16-9)13(17)15-7-6-10-3-2-8-20-10/h4-5,10H,2-3,6-8H2,1H3,(H,15,17)(H,18,19). The lowest BCUT2D eigenvalue weighted by atomic mass is 10.1. The van der Waals surface area contributed by atoms with Crippen LogP contribution in [0.4, 0.5) is 0 Å². The van der Waals surface area contributed by atoms with Crippen molar-refractivity contribution in [3.63, 3.8) is 0 Å². The first kappa shape index (κ1) is 14.5. The number of carbonyl (C=O) groups is 2. The minimum absolute atomic E-state index is 0.112. The van der Waals surface area contributed by atoms with Gasteiger partial charge in [0.2, 0.25) is 0 Å². The number of hydrogen-bond acceptors (Lipinski definition) is 4. The molecule has 0 aliphatic carbocycles. The lowest BCUT2D eigenvalue weighted by molar-refractivity contribution is 0.0694. The van der Waals surface area contributed by atoms with E-state index >= 15 is 0 Å². The van der Waals surface area contributed by atoms with Crippen molar-refractivity contribution in [3.8, 4) is 0 Å². The molecular weight excluding hydrogens is 260 g/mol. The highest BCUT2D eigenvalue weighted by molar-refractivity contribution is 5.94. The van der Waals surface area contributed by atoms with E-state index in [0.29, 0.717) is 12.2 Å². The minimum Gasteiger partial charge on any atom is -0.478 e. The molecule has 1 saturated heterocycles. The Balaban J connectivity index is 1.88. The molecule has 1 aromatic heterocycles. The summed E-state index contributed by atoms with van der Waals surface area (Å²) >= 11 is 0. The van der Waals surface area contributed by atoms with Crippen LogP contribution in [-0.2, 0) is 4.74 Å². The van der Waals surface area contributed by atoms with Crippen molar-refractivity contribution >= 4 is 11.9 Å². The summed E-state index contributed by atoms with van der Waals surface area (Å²) in [7, 11) is 0. The molecule has 0 spiro atoms. The Bertz CT molecular complexity index is 510. The van der Waals surface area contributed by atoms with E-state index in [1.165, 1.54) is 12.1 Å². The molecule has 1 amide bonds. The average Bonchev–Trinajstić information content (AvgIpc) is 2.91. The summed E-state index contributed by atoms with van der Waals surface area (Å²) in [6.07, 6.45) is 3.15. The molecule has 1 unspecified atom stereocenters. The largest absolute Gasteiger partial charge is 0.478 e. The van der Waals surface area contributed by atoms with Gasteiger partial charge in [0.25, 0.3) is 5.91 Å². The lowest BCUT2D eigenvalue weighted by Gasteiger charge is -2.10. The summed E-state index contributed by atoms with van der Waals surface area (Å²) < 4.78 is 5.47. The highest BCUT2D eigenvalue weighted by Crippen LogP contribution is 2.14. The van der Waals surface area contributed by atoms with Gasteiger partial charge in [0.15, 0.2) is 0 Å². The summed E-state index contributed by atoms with van der Waals surface area (Å²) in [6, 6.07) is 2.83. The number of rotatable bonds is 5. The van der Waals surface area contributed by atoms with Gasteiger partial charge >= 0.3 is 5.97 Å². The van der Waals surface area contributed by atoms with Gasteiger partial charge in [-0.3, -0.25) is 4.79 Å². The Morgan fingerprint density at radius 3 is 2.90 bits per heavy atom. The smallest absolute Gasteiger partial charge is 0.337 e. The average molecular weight is 278 g/mol. The van der Waals surface area contributed by atoms with Crippen LogP contribution in [0.2, 0.25) is 0 Å². The van der Waals surface area contributed by atoms with Crippen LogP contribution in [0, 0.1) is 6.92 Å². The maximum absolute atomic E-state index is 11.9. The van der Waals surface area contributed by atoms with Gasteiger partial charge < -0.3 is 15.2 Å². The Morgan fingerprint density at radius 2 is 2.30 bits per heavy atom. The molecular formula is C14H18N2O4. The maximum Gasteiger partial charge on any atom is 0.337 e. The molecule has 0 aromatic carbocycles. The first-order valence-electron chi connectivity index (χ1n) is 6.68. The quantitative estimate of drug-likeness (QED) is 0.849. The van der Waals surface area contributed by atoms with Gasteiger partial charge in [-0.05, 0) is 38.3 Å². The second kappa shape index (κ2) is 6.47. The molecule has 20 heavy (non-hydrogen) atoms. The second-order valence-corrected chi connectivity index (χ2v) is 4.81. The van der Waals surface area contributed by atoms with Crippen molar-refractivity contribution in [2.24, 2.45) is 0 Å². The Labute approximate surface area is 117 Å². The van der Waals surface area contributed by atoms with Crippen LogP contribution < -0.4 is 5.32 Å². The van der Waals surface area contributed by atoms with Crippen molar-refractivity contribution in [2.75, 3.05) is 13.2 Å². The number of aromatic nitrogens is 1. The Morgan fingerprint density at radius 1 is 1.50 bits per heavy atom. The Kier molecular flexibility index (Phi) is 4.68. The van der Waals surface area contributed by atoms with Gasteiger partial charge in [0.05, 0.1) is 17.4 Å². The number of pyridine rings is 1. The molecule has 2 N–H and O–H groups in total. The number of nitrogens with one attached hydrogen (secondary N) is 1. The van der Waals surface area contributed by atoms with Crippen LogP contribution in [-0.4, -0.2) is 41.2 Å². The van der Waals surface area contributed by atoms with E-state index in [1.54, 1.807) is 6.92 Å². The third-order valence-electron chi connectivity index (χ3n) is 3.32. The van der Waals surface area contributed by atoms with Gasteiger partial charge in [0, 0.05) is 13.2 Å². The van der Waals surface area contributed by atoms with E-state index in [-0.39, 0.29) is 23.3 Å². The van der Waals surface area contributed by atoms with Crippen LogP contribution in [0.3, 0.4) is 0 Å². The monoisotopic (exact) mass is 278 g/mol. The zero-order valence-corrected chi connectivity index (χ0v) is 11.4. The van der Waals surface area contributed by atoms with Crippen LogP contribution >= 0.6 is 0 Å². The summed E-state index contributed by atoms with van der Waals surface area (Å²) in [5, 5.41) is 11.7. The van der Waals surface area contributed by atoms with E-state index in [2.05, 4.69) is 10.3 Å². The van der Waals surface area contributed by atoms with Crippen molar-refractivity contribution in [2.45, 2.75) is 32.3 Å². The fourth-order valence-electron chi connectivity index (χ4n) is 2.22. The van der Waals surface area contributed by atoms with Crippen molar-refractivity contribution in [3.05, 3.63) is 29.1 Å². The van der Waals surface area contributed by atoms with E-state index in [0.717, 1.165) is 25.9 Å². The second-order valence-electron chi connectivity index (χ2n) is 4.81. The SMILES string of the molecule is Cc1nc(C(=O)NCCC2CCCO2)ccc1C(=O)O. The number of carbonyl (C=O) groups excluding carboxylic acids is 1. The molecule has 0 bridgehead atoms. The third-order valence-corrected chi connectivity index (χ3v) is 3.32. The lowest BCUT2D eigenvalue weighted by Crippen LogP contribution is -2.28. The fraction of sp³-hybridized carbons (Fsp3) is 0.500. The molecule has 6 nitrogen and oxygen atoms in total. The molecule has 0 radical (unpaired) electrons. The first-order valence-corrected chi connectivity index (χ1v) is 6.68. The van der Waals surface area contributed by atoms with Crippen molar-refractivity contribution in [1.82, 2.24) is 10.3 Å². The van der Waals surface area contributed by atoms with Crippen LogP contribution in [0.1, 0.15) is 45.8 Å². The number of carboxylic acid groups (broad SMARTS) is 1. The number of carboxylic acids is 1. The predicted octanol–water partition coefficient (Wildman–Crippen LogP) is 1.39. The van der Waals surface area contributed by atoms with Gasteiger partial charge in [-0.15, -0.1) is 0 Å². The van der Waals surface area contributed by atoms with Crippen LogP contribution in [0.15, 0.2) is 12.1 Å². The topological polar surface area (TPSA) is 88.5 Å². The summed E-state index contributed by atoms with van der Waals surface area (Å²) in [5.41, 5.74) is 0.685. The Hall–Kier alpha value is -1.95. The maximum atomic E-state index is 11.9. The van der Waals surface area contributed by atoms with Gasteiger partial charge in [-0.25, -0.2) is 9.78 Å². The first-order chi connectivity index (χ1) is 9.58. The molecule has 2 rings (SSSR count). The highest BCUT2D eigenvalue weighted by atomic mass is 16.5. The number of nitrogens with zero attached hydrogens (tertiary/aromatic N) is 1. The minimum atomic E-state index is -1.04. The van der Waals surface area contributed by atoms with E-state index in [1.807, 2.05) is 0 Å². The van der Waals surface area contributed by atoms with Crippen LogP contribution in [0.25, 0.3) is 0 Å². The normalized spacial score (nSPS) is 17.9. The van der Waals surface area contributed by atoms with E-state index in [4.69, 9.17) is 9.84 Å². The number of aryl methyl sites for hydroxylation is 1. The zero-order chi connectivity index (χ0) is 14.5. The van der Waals surface area contributed by atoms with Crippen molar-refractivity contribution < 1.29 is 19.4 Å². The van der Waals surface area contributed by atoms with E-state index < -0.39 is 5.97 Å². The molecule has 1 aliphatic rings. The number of amides is 1. The summed E-state index contributed by atoms with van der Waals surface area (Å²) in [6.45, 7) is 2.91. The van der Waals surface area contributed by atoms with Crippen molar-refractivity contribution in [1.29, 1.82) is 0 Å². The molecule has 1 atom stereocenters.